The predicted molar refractivity (Wildman–Crippen MR) is 90.8 cm³/mol. The molecule has 2 aromatic rings. The maximum atomic E-state index is 12.1. The number of hydrogen-bond donors (Lipinski definition) is 2. The molecule has 0 aliphatic rings. The summed E-state index contributed by atoms with van der Waals surface area (Å²) in [6, 6.07) is 10.2. The quantitative estimate of drug-likeness (QED) is 0.817. The number of rotatable bonds is 4. The molecule has 0 fully saturated rings. The minimum atomic E-state index is -0.721. The summed E-state index contributed by atoms with van der Waals surface area (Å²) in [5, 5.41) is 3.61. The molecule has 0 radical (unpaired) electrons. The Morgan fingerprint density at radius 1 is 1.23 bits per heavy atom. The summed E-state index contributed by atoms with van der Waals surface area (Å²) in [5.41, 5.74) is 8.01. The van der Waals surface area contributed by atoms with Gasteiger partial charge in [0.15, 0.2) is 6.10 Å². The van der Waals surface area contributed by atoms with Crippen molar-refractivity contribution in [3.05, 3.63) is 52.0 Å². The molecule has 0 aliphatic carbocycles. The topological polar surface area (TPSA) is 64.3 Å². The number of amides is 1. The zero-order valence-corrected chi connectivity index (χ0v) is 13.7. The minimum absolute atomic E-state index is 0.297. The maximum Gasteiger partial charge on any atom is 0.265 e. The van der Waals surface area contributed by atoms with E-state index in [0.29, 0.717) is 27.2 Å². The number of aryl methyl sites for hydroxylation is 1. The molecule has 0 unspecified atom stereocenters. The molecule has 1 atom stereocenters. The Hall–Kier alpha value is -1.91. The third-order valence-corrected chi connectivity index (χ3v) is 3.64. The molecule has 0 heterocycles. The van der Waals surface area contributed by atoms with Crippen LogP contribution in [0.4, 0.5) is 11.4 Å². The van der Waals surface area contributed by atoms with E-state index in [4.69, 9.17) is 33.7 Å². The molecule has 0 saturated carbocycles. The first-order chi connectivity index (χ1) is 10.4. The van der Waals surface area contributed by atoms with Crippen LogP contribution in [0.1, 0.15) is 12.5 Å². The molecule has 116 valence electrons. The lowest BCUT2D eigenvalue weighted by atomic mass is 10.2. The smallest absolute Gasteiger partial charge is 0.265 e. The lowest BCUT2D eigenvalue weighted by Gasteiger charge is -2.16. The van der Waals surface area contributed by atoms with Gasteiger partial charge in [-0.1, -0.05) is 29.3 Å². The van der Waals surface area contributed by atoms with Crippen molar-refractivity contribution in [3.63, 3.8) is 0 Å². The van der Waals surface area contributed by atoms with Gasteiger partial charge in [-0.3, -0.25) is 4.79 Å². The standard InChI is InChI=1S/C16H16Cl2N2O2/c1-9-3-5-12(8-14(9)19)20-16(21)10(2)22-15-6-4-11(17)7-13(15)18/h3-8,10H,19H2,1-2H3,(H,20,21)/t10-/m0/s1. The molecule has 22 heavy (non-hydrogen) atoms. The van der Waals surface area contributed by atoms with Gasteiger partial charge < -0.3 is 15.8 Å². The van der Waals surface area contributed by atoms with Crippen molar-refractivity contribution in [3.8, 4) is 5.75 Å². The lowest BCUT2D eigenvalue weighted by molar-refractivity contribution is -0.122. The van der Waals surface area contributed by atoms with Gasteiger partial charge in [-0.25, -0.2) is 0 Å². The van der Waals surface area contributed by atoms with Crippen molar-refractivity contribution < 1.29 is 9.53 Å². The number of carbonyl (C=O) groups is 1. The van der Waals surface area contributed by atoms with E-state index in [0.717, 1.165) is 5.56 Å². The second-order valence-corrected chi connectivity index (χ2v) is 5.74. The Bertz CT molecular complexity index is 705. The molecular weight excluding hydrogens is 323 g/mol. The summed E-state index contributed by atoms with van der Waals surface area (Å²) < 4.78 is 5.55. The highest BCUT2D eigenvalue weighted by Gasteiger charge is 2.16. The number of ether oxygens (including phenoxy) is 1. The Kier molecular flexibility index (Phi) is 5.16. The van der Waals surface area contributed by atoms with Crippen LogP contribution in [0.5, 0.6) is 5.75 Å². The SMILES string of the molecule is Cc1ccc(NC(=O)[C@H](C)Oc2ccc(Cl)cc2Cl)cc1N. The summed E-state index contributed by atoms with van der Waals surface area (Å²) >= 11 is 11.8. The number of carbonyl (C=O) groups excluding carboxylic acids is 1. The van der Waals surface area contributed by atoms with E-state index in [1.54, 1.807) is 37.3 Å². The van der Waals surface area contributed by atoms with Crippen molar-refractivity contribution >= 4 is 40.5 Å². The summed E-state index contributed by atoms with van der Waals surface area (Å²) in [4.78, 5) is 12.1. The second kappa shape index (κ2) is 6.90. The van der Waals surface area contributed by atoms with Gasteiger partial charge in [0.25, 0.3) is 5.91 Å². The number of halogens is 2. The van der Waals surface area contributed by atoms with Crippen LogP contribution >= 0.6 is 23.2 Å². The first-order valence-corrected chi connectivity index (χ1v) is 7.41. The van der Waals surface area contributed by atoms with Crippen LogP contribution in [-0.2, 0) is 4.79 Å². The van der Waals surface area contributed by atoms with Gasteiger partial charge in [0.2, 0.25) is 0 Å². The molecule has 0 bridgehead atoms. The fraction of sp³-hybridized carbons (Fsp3) is 0.188. The van der Waals surface area contributed by atoms with E-state index in [2.05, 4.69) is 5.32 Å². The molecule has 6 heteroatoms. The number of benzene rings is 2. The molecule has 2 aromatic carbocycles. The Labute approximate surface area is 139 Å². The van der Waals surface area contributed by atoms with E-state index in [1.807, 2.05) is 13.0 Å². The molecule has 0 saturated heterocycles. The highest BCUT2D eigenvalue weighted by Crippen LogP contribution is 2.28. The van der Waals surface area contributed by atoms with Gasteiger partial charge in [-0.05, 0) is 49.7 Å². The summed E-state index contributed by atoms with van der Waals surface area (Å²) in [5.74, 6) is 0.103. The Morgan fingerprint density at radius 2 is 1.95 bits per heavy atom. The fourth-order valence-electron chi connectivity index (χ4n) is 1.78. The van der Waals surface area contributed by atoms with Crippen LogP contribution in [0.2, 0.25) is 10.0 Å². The molecule has 1 amide bonds. The van der Waals surface area contributed by atoms with Gasteiger partial charge in [-0.15, -0.1) is 0 Å². The molecular formula is C16H16Cl2N2O2. The van der Waals surface area contributed by atoms with Crippen LogP contribution in [0.25, 0.3) is 0 Å². The van der Waals surface area contributed by atoms with Crippen LogP contribution in [0, 0.1) is 6.92 Å². The highest BCUT2D eigenvalue weighted by molar-refractivity contribution is 6.35. The predicted octanol–water partition coefficient (Wildman–Crippen LogP) is 4.29. The van der Waals surface area contributed by atoms with E-state index >= 15 is 0 Å². The number of nitrogen functional groups attached to an aromatic ring is 1. The third-order valence-electron chi connectivity index (χ3n) is 3.11. The van der Waals surface area contributed by atoms with Crippen LogP contribution < -0.4 is 15.8 Å². The highest BCUT2D eigenvalue weighted by atomic mass is 35.5. The van der Waals surface area contributed by atoms with E-state index in [-0.39, 0.29) is 5.91 Å². The second-order valence-electron chi connectivity index (χ2n) is 4.90. The molecule has 0 aliphatic heterocycles. The van der Waals surface area contributed by atoms with Gasteiger partial charge in [0.1, 0.15) is 5.75 Å². The van der Waals surface area contributed by atoms with E-state index in [9.17, 15) is 4.79 Å². The van der Waals surface area contributed by atoms with Crippen LogP contribution in [0.15, 0.2) is 36.4 Å². The number of nitrogens with two attached hydrogens (primary N) is 1. The average molecular weight is 339 g/mol. The third kappa shape index (κ3) is 4.06. The summed E-state index contributed by atoms with van der Waals surface area (Å²) in [6.45, 7) is 3.53. The lowest BCUT2D eigenvalue weighted by Crippen LogP contribution is -2.30. The van der Waals surface area contributed by atoms with E-state index in [1.165, 1.54) is 0 Å². The molecule has 0 spiro atoms. The Balaban J connectivity index is 2.04. The van der Waals surface area contributed by atoms with Crippen molar-refractivity contribution in [2.24, 2.45) is 0 Å². The van der Waals surface area contributed by atoms with Crippen LogP contribution in [0.3, 0.4) is 0 Å². The first kappa shape index (κ1) is 16.5. The van der Waals surface area contributed by atoms with Crippen molar-refractivity contribution in [1.29, 1.82) is 0 Å². The molecule has 0 aromatic heterocycles. The molecule has 3 N–H and O–H groups in total. The van der Waals surface area contributed by atoms with E-state index < -0.39 is 6.10 Å². The number of nitrogens with one attached hydrogen (secondary N) is 1. The van der Waals surface area contributed by atoms with Crippen molar-refractivity contribution in [1.82, 2.24) is 0 Å². The van der Waals surface area contributed by atoms with Crippen LogP contribution in [-0.4, -0.2) is 12.0 Å². The van der Waals surface area contributed by atoms with Gasteiger partial charge in [0.05, 0.1) is 5.02 Å². The Morgan fingerprint density at radius 3 is 2.59 bits per heavy atom. The monoisotopic (exact) mass is 338 g/mol. The molecule has 4 nitrogen and oxygen atoms in total. The van der Waals surface area contributed by atoms with Crippen molar-refractivity contribution in [2.75, 3.05) is 11.1 Å². The average Bonchev–Trinajstić information content (AvgIpc) is 2.45. The zero-order chi connectivity index (χ0) is 16.3. The zero-order valence-electron chi connectivity index (χ0n) is 12.2. The number of anilines is 2. The van der Waals surface area contributed by atoms with Gasteiger partial charge >= 0.3 is 0 Å². The minimum Gasteiger partial charge on any atom is -0.479 e. The van der Waals surface area contributed by atoms with Crippen molar-refractivity contribution in [2.45, 2.75) is 20.0 Å². The van der Waals surface area contributed by atoms with Gasteiger partial charge in [0, 0.05) is 16.4 Å². The normalized spacial score (nSPS) is 11.8. The fourth-order valence-corrected chi connectivity index (χ4v) is 2.23. The largest absolute Gasteiger partial charge is 0.479 e. The molecule has 2 rings (SSSR count). The summed E-state index contributed by atoms with van der Waals surface area (Å²) in [7, 11) is 0. The van der Waals surface area contributed by atoms with Gasteiger partial charge in [-0.2, -0.15) is 0 Å². The number of hydrogen-bond acceptors (Lipinski definition) is 3. The first-order valence-electron chi connectivity index (χ1n) is 6.65. The summed E-state index contributed by atoms with van der Waals surface area (Å²) in [6.07, 6.45) is -0.721. The maximum absolute atomic E-state index is 12.1.